The fraction of sp³-hybridized carbons (Fsp3) is 0.615. The Balaban J connectivity index is 1.20. The highest BCUT2D eigenvalue weighted by Gasteiger charge is 2.35. The molecule has 0 amide bonds. The molecule has 0 N–H and O–H groups in total. The molecule has 2 fully saturated rings. The fourth-order valence-electron chi connectivity index (χ4n) is 9.66. The van der Waals surface area contributed by atoms with Crippen LogP contribution in [0.25, 0.3) is 22.8 Å². The van der Waals surface area contributed by atoms with Gasteiger partial charge >= 0.3 is 0 Å². The molecule has 0 spiro atoms. The third-order valence-corrected chi connectivity index (χ3v) is 13.6. The summed E-state index contributed by atoms with van der Waals surface area (Å²) in [5, 5.41) is 0. The molecule has 0 radical (unpaired) electrons. The van der Waals surface area contributed by atoms with Gasteiger partial charge in [-0.3, -0.25) is 0 Å². The monoisotopic (exact) mass is 771 g/mol. The van der Waals surface area contributed by atoms with E-state index in [0.29, 0.717) is 11.8 Å². The first-order valence-electron chi connectivity index (χ1n) is 23.6. The van der Waals surface area contributed by atoms with Gasteiger partial charge in [0.25, 0.3) is 0 Å². The van der Waals surface area contributed by atoms with Crippen LogP contribution in [0.3, 0.4) is 0 Å². The molecule has 0 bridgehead atoms. The van der Waals surface area contributed by atoms with Crippen LogP contribution in [0.4, 0.5) is 0 Å². The van der Waals surface area contributed by atoms with E-state index in [-0.39, 0.29) is 12.2 Å². The molecular weight excluding hydrogens is 697 g/mol. The molecule has 5 nitrogen and oxygen atoms in total. The van der Waals surface area contributed by atoms with E-state index < -0.39 is 0 Å². The predicted molar refractivity (Wildman–Crippen MR) is 238 cm³/mol. The highest BCUT2D eigenvalue weighted by molar-refractivity contribution is 5.56. The predicted octanol–water partition coefficient (Wildman–Crippen LogP) is 14.9. The molecule has 57 heavy (non-hydrogen) atoms. The van der Waals surface area contributed by atoms with Crippen LogP contribution in [-0.2, 0) is 17.6 Å². The quantitative estimate of drug-likeness (QED) is 0.0745. The summed E-state index contributed by atoms with van der Waals surface area (Å²) >= 11 is 0. The van der Waals surface area contributed by atoms with Gasteiger partial charge in [0.05, 0.1) is 12.2 Å². The lowest BCUT2D eigenvalue weighted by Gasteiger charge is -2.40. The molecule has 5 heteroatoms. The maximum Gasteiger partial charge on any atom is 0.159 e. The van der Waals surface area contributed by atoms with Gasteiger partial charge in [-0.2, -0.15) is 0 Å². The SMILES string of the molecule is CCCCCCCc1cnc(-c2ccc(C(OC(c3ccc(-c4ncc(CCCCCCC)cn4)cc3)[C@H]3CC[C@H](CC)CC3)[C@H]3CC[C@H](CC)CC3)cc2)nc1. The number of aromatic nitrogens is 4. The number of nitrogens with zero attached hydrogens (tertiary/aromatic N) is 4. The van der Waals surface area contributed by atoms with Crippen molar-refractivity contribution in [2.45, 2.75) is 181 Å². The van der Waals surface area contributed by atoms with Crippen molar-refractivity contribution >= 4 is 0 Å². The molecule has 2 heterocycles. The zero-order valence-corrected chi connectivity index (χ0v) is 36.1. The molecule has 4 aromatic rings. The Hall–Kier alpha value is -3.44. The lowest BCUT2D eigenvalue weighted by Crippen LogP contribution is -2.28. The second kappa shape index (κ2) is 23.2. The van der Waals surface area contributed by atoms with Crippen LogP contribution in [0.15, 0.2) is 73.3 Å². The normalized spacial score (nSPS) is 21.0. The van der Waals surface area contributed by atoms with Crippen molar-refractivity contribution in [3.8, 4) is 22.8 Å². The summed E-state index contributed by atoms with van der Waals surface area (Å²) in [5.41, 5.74) is 7.23. The maximum absolute atomic E-state index is 7.62. The lowest BCUT2D eigenvalue weighted by atomic mass is 9.75. The first-order chi connectivity index (χ1) is 28.1. The van der Waals surface area contributed by atoms with Gasteiger partial charge in [-0.1, -0.05) is 166 Å². The van der Waals surface area contributed by atoms with Crippen LogP contribution < -0.4 is 0 Å². The van der Waals surface area contributed by atoms with Crippen molar-refractivity contribution in [2.24, 2.45) is 23.7 Å². The highest BCUT2D eigenvalue weighted by atomic mass is 16.5. The zero-order chi connectivity index (χ0) is 39.7. The van der Waals surface area contributed by atoms with Crippen LogP contribution in [0, 0.1) is 23.7 Å². The first-order valence-corrected chi connectivity index (χ1v) is 23.6. The van der Waals surface area contributed by atoms with Crippen LogP contribution in [0.2, 0.25) is 0 Å². The Bertz CT molecular complexity index is 1540. The zero-order valence-electron chi connectivity index (χ0n) is 36.1. The van der Waals surface area contributed by atoms with Gasteiger partial charge in [0.15, 0.2) is 11.6 Å². The molecule has 308 valence electrons. The van der Waals surface area contributed by atoms with Gasteiger partial charge in [0.2, 0.25) is 0 Å². The van der Waals surface area contributed by atoms with Gasteiger partial charge in [-0.05, 0) is 97.3 Å². The Morgan fingerprint density at radius 1 is 0.456 bits per heavy atom. The van der Waals surface area contributed by atoms with E-state index in [1.807, 2.05) is 24.8 Å². The van der Waals surface area contributed by atoms with Crippen molar-refractivity contribution in [2.75, 3.05) is 0 Å². The van der Waals surface area contributed by atoms with E-state index in [2.05, 4.69) is 76.2 Å². The topological polar surface area (TPSA) is 60.8 Å². The average Bonchev–Trinajstić information content (AvgIpc) is 3.27. The van der Waals surface area contributed by atoms with Crippen LogP contribution in [-0.4, -0.2) is 19.9 Å². The highest BCUT2D eigenvalue weighted by Crippen LogP contribution is 2.47. The minimum absolute atomic E-state index is 0.0549. The maximum atomic E-state index is 7.62. The van der Waals surface area contributed by atoms with E-state index >= 15 is 0 Å². The Morgan fingerprint density at radius 2 is 0.807 bits per heavy atom. The second-order valence-corrected chi connectivity index (χ2v) is 17.8. The molecule has 2 saturated carbocycles. The van der Waals surface area contributed by atoms with Gasteiger partial charge in [-0.25, -0.2) is 19.9 Å². The van der Waals surface area contributed by atoms with E-state index in [9.17, 15) is 0 Å². The van der Waals surface area contributed by atoms with E-state index in [1.54, 1.807) is 0 Å². The first kappa shape index (κ1) is 43.1. The summed E-state index contributed by atoms with van der Waals surface area (Å²) in [6.45, 7) is 9.26. The number of aryl methyl sites for hydroxylation is 2. The van der Waals surface area contributed by atoms with Gasteiger partial charge in [0.1, 0.15) is 0 Å². The summed E-state index contributed by atoms with van der Waals surface area (Å²) in [6, 6.07) is 18.2. The second-order valence-electron chi connectivity index (χ2n) is 17.8. The minimum atomic E-state index is 0.0549. The number of benzene rings is 2. The third-order valence-electron chi connectivity index (χ3n) is 13.6. The van der Waals surface area contributed by atoms with Crippen molar-refractivity contribution in [1.29, 1.82) is 0 Å². The van der Waals surface area contributed by atoms with Crippen molar-refractivity contribution in [3.05, 3.63) is 95.6 Å². The molecule has 0 saturated heterocycles. The van der Waals surface area contributed by atoms with Crippen LogP contribution in [0.1, 0.15) is 191 Å². The molecule has 2 aromatic carbocycles. The van der Waals surface area contributed by atoms with Gasteiger partial charge in [-0.15, -0.1) is 0 Å². The van der Waals surface area contributed by atoms with E-state index in [4.69, 9.17) is 24.7 Å². The van der Waals surface area contributed by atoms with Crippen LogP contribution in [0.5, 0.6) is 0 Å². The molecule has 2 atom stereocenters. The summed E-state index contributed by atoms with van der Waals surface area (Å²) in [4.78, 5) is 19.2. The molecule has 2 aliphatic rings. The molecule has 0 aliphatic heterocycles. The summed E-state index contributed by atoms with van der Waals surface area (Å²) in [5.74, 6) is 4.33. The Kier molecular flexibility index (Phi) is 17.6. The standard InChI is InChI=1S/C52H74N4O/c1-5-9-11-13-15-17-41-35-53-51(54-36-41)47-31-27-45(28-32-47)49(43-23-19-39(7-3)20-24-43)57-50(44-25-21-40(8-4)22-26-44)46-29-33-48(34-30-46)52-55-37-42(38-56-52)18-16-14-12-10-6-2/h27-40,43-44,49-50H,5-26H2,1-4H3/t39-,40-,43-,44-,49?,50?. The smallest absolute Gasteiger partial charge is 0.159 e. The van der Waals surface area contributed by atoms with Gasteiger partial charge < -0.3 is 4.74 Å². The molecule has 6 rings (SSSR count). The third kappa shape index (κ3) is 12.8. The van der Waals surface area contributed by atoms with Gasteiger partial charge in [0, 0.05) is 35.9 Å². The molecular formula is C52H74N4O. The largest absolute Gasteiger partial charge is 0.365 e. The van der Waals surface area contributed by atoms with Crippen molar-refractivity contribution < 1.29 is 4.74 Å². The van der Waals surface area contributed by atoms with E-state index in [0.717, 1.165) is 47.5 Å². The molecule has 2 unspecified atom stereocenters. The number of ether oxygens (including phenoxy) is 1. The summed E-state index contributed by atoms with van der Waals surface area (Å²) in [7, 11) is 0. The number of rotatable bonds is 22. The summed E-state index contributed by atoms with van der Waals surface area (Å²) < 4.78 is 7.62. The van der Waals surface area contributed by atoms with Crippen molar-refractivity contribution in [1.82, 2.24) is 19.9 Å². The lowest BCUT2D eigenvalue weighted by molar-refractivity contribution is -0.0905. The Morgan fingerprint density at radius 3 is 1.14 bits per heavy atom. The summed E-state index contributed by atoms with van der Waals surface area (Å²) in [6.07, 6.45) is 35.9. The molecule has 2 aliphatic carbocycles. The van der Waals surface area contributed by atoms with Crippen LogP contribution >= 0.6 is 0 Å². The fourth-order valence-corrected chi connectivity index (χ4v) is 9.66. The van der Waals surface area contributed by atoms with Crippen molar-refractivity contribution in [3.63, 3.8) is 0 Å². The number of hydrogen-bond donors (Lipinski definition) is 0. The Labute approximate surface area is 346 Å². The molecule has 2 aromatic heterocycles. The minimum Gasteiger partial charge on any atom is -0.365 e. The number of hydrogen-bond acceptors (Lipinski definition) is 5. The average molecular weight is 771 g/mol. The van der Waals surface area contributed by atoms with E-state index in [1.165, 1.54) is 151 Å². The number of unbranched alkanes of at least 4 members (excludes halogenated alkanes) is 8.